The van der Waals surface area contributed by atoms with Gasteiger partial charge >= 0.3 is 5.97 Å². The Kier molecular flexibility index (Phi) is 7.12. The Labute approximate surface area is 230 Å². The number of para-hydroxylation sites is 1. The molecule has 194 valence electrons. The van der Waals surface area contributed by atoms with E-state index in [4.69, 9.17) is 9.72 Å². The Morgan fingerprint density at radius 3 is 2.49 bits per heavy atom. The highest BCUT2D eigenvalue weighted by molar-refractivity contribution is 7.14. The molecule has 1 N–H and O–H groups in total. The summed E-state index contributed by atoms with van der Waals surface area (Å²) in [7, 11) is 0. The van der Waals surface area contributed by atoms with Gasteiger partial charge in [-0.3, -0.25) is 20.0 Å². The van der Waals surface area contributed by atoms with Gasteiger partial charge in [0.05, 0.1) is 16.8 Å². The average Bonchev–Trinajstić information content (AvgIpc) is 3.44. The highest BCUT2D eigenvalue weighted by Crippen LogP contribution is 2.30. The number of nitrogens with one attached hydrogen (secondary N) is 1. The van der Waals surface area contributed by atoms with Crippen molar-refractivity contribution in [3.05, 3.63) is 113 Å². The Hall–Kier alpha value is -4.40. The van der Waals surface area contributed by atoms with E-state index in [1.165, 1.54) is 16.9 Å². The molecule has 2 aromatic heterocycles. The van der Waals surface area contributed by atoms with Crippen LogP contribution in [-0.2, 0) is 29.0 Å². The number of benzene rings is 3. The van der Waals surface area contributed by atoms with Crippen LogP contribution in [0, 0.1) is 0 Å². The van der Waals surface area contributed by atoms with Crippen LogP contribution in [0.5, 0.6) is 0 Å². The fourth-order valence-electron chi connectivity index (χ4n) is 4.89. The number of thiazole rings is 1. The van der Waals surface area contributed by atoms with Gasteiger partial charge in [-0.15, -0.1) is 11.3 Å². The SMILES string of the molecule is O=C(COC(=O)c1c2c(nc3ccccc13)CCN(Cc1ccccc1)C2)Nc1nc(-c2ccccc2)cs1. The van der Waals surface area contributed by atoms with Crippen molar-refractivity contribution in [1.29, 1.82) is 0 Å². The number of hydrogen-bond acceptors (Lipinski definition) is 7. The molecule has 0 saturated heterocycles. The molecule has 0 bridgehead atoms. The topological polar surface area (TPSA) is 84.4 Å². The van der Waals surface area contributed by atoms with Crippen LogP contribution in [0.25, 0.3) is 22.2 Å². The van der Waals surface area contributed by atoms with Crippen LogP contribution in [0.1, 0.15) is 27.2 Å². The van der Waals surface area contributed by atoms with E-state index in [9.17, 15) is 9.59 Å². The first kappa shape index (κ1) is 24.9. The predicted molar refractivity (Wildman–Crippen MR) is 152 cm³/mol. The van der Waals surface area contributed by atoms with E-state index in [0.717, 1.165) is 52.9 Å². The van der Waals surface area contributed by atoms with Crippen molar-refractivity contribution in [3.8, 4) is 11.3 Å². The van der Waals surface area contributed by atoms with Crippen LogP contribution in [0.15, 0.2) is 90.3 Å². The predicted octanol–water partition coefficient (Wildman–Crippen LogP) is 5.71. The second-order valence-electron chi connectivity index (χ2n) is 9.40. The molecule has 1 amide bonds. The number of rotatable bonds is 7. The minimum atomic E-state index is -0.523. The number of hydrogen-bond donors (Lipinski definition) is 1. The third kappa shape index (κ3) is 5.57. The number of esters is 1. The van der Waals surface area contributed by atoms with E-state index in [1.54, 1.807) is 0 Å². The Balaban J connectivity index is 1.18. The van der Waals surface area contributed by atoms with Gasteiger partial charge in [-0.1, -0.05) is 78.9 Å². The Morgan fingerprint density at radius 1 is 0.923 bits per heavy atom. The van der Waals surface area contributed by atoms with Gasteiger partial charge in [0.2, 0.25) is 0 Å². The summed E-state index contributed by atoms with van der Waals surface area (Å²) in [4.78, 5) is 37.8. The Bertz CT molecular complexity index is 1640. The molecule has 0 saturated carbocycles. The number of carbonyl (C=O) groups is 2. The first-order chi connectivity index (χ1) is 19.1. The normalized spacial score (nSPS) is 13.1. The molecule has 0 spiro atoms. The standard InChI is InChI=1S/C31H26N4O3S/c36-28(34-31-33-27(20-39-31)22-11-5-2-6-12-22)19-38-30(37)29-23-13-7-8-14-25(23)32-26-15-16-35(18-24(26)29)17-21-9-3-1-4-10-21/h1-14,20H,15-19H2,(H,33,34,36). The summed E-state index contributed by atoms with van der Waals surface area (Å²) >= 11 is 1.33. The van der Waals surface area contributed by atoms with Gasteiger partial charge in [-0.25, -0.2) is 9.78 Å². The van der Waals surface area contributed by atoms with Crippen molar-refractivity contribution in [3.63, 3.8) is 0 Å². The minimum absolute atomic E-state index is 0.405. The largest absolute Gasteiger partial charge is 0.452 e. The lowest BCUT2D eigenvalue weighted by Crippen LogP contribution is -2.32. The lowest BCUT2D eigenvalue weighted by Gasteiger charge is -2.30. The van der Waals surface area contributed by atoms with Crippen LogP contribution >= 0.6 is 11.3 Å². The maximum atomic E-state index is 13.5. The maximum absolute atomic E-state index is 13.5. The van der Waals surface area contributed by atoms with Gasteiger partial charge in [-0.05, 0) is 11.6 Å². The van der Waals surface area contributed by atoms with Gasteiger partial charge in [0.1, 0.15) is 0 Å². The molecule has 0 unspecified atom stereocenters. The molecule has 5 aromatic rings. The van der Waals surface area contributed by atoms with Crippen molar-refractivity contribution in [2.24, 2.45) is 0 Å². The first-order valence-corrected chi connectivity index (χ1v) is 13.7. The number of pyridine rings is 1. The molecule has 6 rings (SSSR count). The molecule has 0 fully saturated rings. The number of aromatic nitrogens is 2. The molecular weight excluding hydrogens is 508 g/mol. The zero-order valence-corrected chi connectivity index (χ0v) is 22.0. The zero-order chi connectivity index (χ0) is 26.6. The molecule has 0 atom stereocenters. The van der Waals surface area contributed by atoms with E-state index < -0.39 is 18.5 Å². The molecule has 0 radical (unpaired) electrons. The summed E-state index contributed by atoms with van der Waals surface area (Å²) in [6.45, 7) is 1.81. The number of fused-ring (bicyclic) bond motifs is 2. The third-order valence-corrected chi connectivity index (χ3v) is 7.49. The summed E-state index contributed by atoms with van der Waals surface area (Å²) in [5, 5.41) is 5.81. The smallest absolute Gasteiger partial charge is 0.339 e. The van der Waals surface area contributed by atoms with E-state index in [0.29, 0.717) is 17.2 Å². The van der Waals surface area contributed by atoms with Crippen molar-refractivity contribution < 1.29 is 14.3 Å². The summed E-state index contributed by atoms with van der Waals surface area (Å²) in [5.74, 6) is -0.957. The summed E-state index contributed by atoms with van der Waals surface area (Å²) < 4.78 is 5.56. The van der Waals surface area contributed by atoms with Gasteiger partial charge in [0, 0.05) is 53.6 Å². The summed E-state index contributed by atoms with van der Waals surface area (Å²) in [6, 6.07) is 27.6. The number of anilines is 1. The van der Waals surface area contributed by atoms with Gasteiger partial charge in [0.25, 0.3) is 5.91 Å². The van der Waals surface area contributed by atoms with E-state index in [2.05, 4.69) is 27.3 Å². The van der Waals surface area contributed by atoms with Crippen LogP contribution in [0.2, 0.25) is 0 Å². The molecule has 8 heteroatoms. The van der Waals surface area contributed by atoms with E-state index in [1.807, 2.05) is 78.2 Å². The van der Waals surface area contributed by atoms with Crippen LogP contribution in [0.4, 0.5) is 5.13 Å². The molecule has 3 heterocycles. The second-order valence-corrected chi connectivity index (χ2v) is 10.3. The lowest BCUT2D eigenvalue weighted by atomic mass is 9.95. The fourth-order valence-corrected chi connectivity index (χ4v) is 5.62. The first-order valence-electron chi connectivity index (χ1n) is 12.8. The summed E-state index contributed by atoms with van der Waals surface area (Å²) in [6.07, 6.45) is 0.738. The number of amides is 1. The van der Waals surface area contributed by atoms with Crippen LogP contribution in [0.3, 0.4) is 0 Å². The molecule has 1 aliphatic rings. The molecule has 1 aliphatic heterocycles. The van der Waals surface area contributed by atoms with Gasteiger partial charge in [0.15, 0.2) is 11.7 Å². The minimum Gasteiger partial charge on any atom is -0.452 e. The second kappa shape index (κ2) is 11.1. The number of carbonyl (C=O) groups excluding carboxylic acids is 2. The van der Waals surface area contributed by atoms with Gasteiger partial charge < -0.3 is 4.74 Å². The van der Waals surface area contributed by atoms with Crippen LogP contribution < -0.4 is 5.32 Å². The summed E-state index contributed by atoms with van der Waals surface area (Å²) in [5.41, 5.74) is 5.98. The highest BCUT2D eigenvalue weighted by atomic mass is 32.1. The Morgan fingerprint density at radius 2 is 1.67 bits per heavy atom. The van der Waals surface area contributed by atoms with Crippen molar-refractivity contribution in [2.75, 3.05) is 18.5 Å². The zero-order valence-electron chi connectivity index (χ0n) is 21.2. The molecule has 0 aliphatic carbocycles. The fraction of sp³-hybridized carbons (Fsp3) is 0.161. The monoisotopic (exact) mass is 534 g/mol. The number of ether oxygens (including phenoxy) is 1. The third-order valence-electron chi connectivity index (χ3n) is 6.73. The maximum Gasteiger partial charge on any atom is 0.339 e. The van der Waals surface area contributed by atoms with Crippen molar-refractivity contribution in [1.82, 2.24) is 14.9 Å². The van der Waals surface area contributed by atoms with Crippen molar-refractivity contribution >= 4 is 39.2 Å². The van der Waals surface area contributed by atoms with E-state index >= 15 is 0 Å². The molecular formula is C31H26N4O3S. The van der Waals surface area contributed by atoms with Crippen LogP contribution in [-0.4, -0.2) is 39.9 Å². The average molecular weight is 535 g/mol. The quantitative estimate of drug-likeness (QED) is 0.269. The molecule has 39 heavy (non-hydrogen) atoms. The van der Waals surface area contributed by atoms with Gasteiger partial charge in [-0.2, -0.15) is 0 Å². The van der Waals surface area contributed by atoms with Crippen molar-refractivity contribution in [2.45, 2.75) is 19.5 Å². The highest BCUT2D eigenvalue weighted by Gasteiger charge is 2.27. The molecule has 7 nitrogen and oxygen atoms in total. The molecule has 3 aromatic carbocycles. The van der Waals surface area contributed by atoms with E-state index in [-0.39, 0.29) is 0 Å². The number of nitrogens with zero attached hydrogens (tertiary/aromatic N) is 3. The lowest BCUT2D eigenvalue weighted by molar-refractivity contribution is -0.119.